The Kier molecular flexibility index (Phi) is 4.34. The summed E-state index contributed by atoms with van der Waals surface area (Å²) >= 11 is 1.68. The molecule has 1 aliphatic heterocycles. The highest BCUT2D eigenvalue weighted by atomic mass is 32.1. The lowest BCUT2D eigenvalue weighted by Crippen LogP contribution is -2.49. The SMILES string of the molecule is Cc1nc2ccc(NCC(=O)N3[C@H](C)CCC[C@H]3C)cc2s1. The van der Waals surface area contributed by atoms with Crippen LogP contribution < -0.4 is 5.32 Å². The van der Waals surface area contributed by atoms with Crippen LogP contribution in [0.5, 0.6) is 0 Å². The van der Waals surface area contributed by atoms with Crippen molar-refractivity contribution >= 4 is 33.1 Å². The van der Waals surface area contributed by atoms with Crippen LogP contribution in [0.4, 0.5) is 5.69 Å². The van der Waals surface area contributed by atoms with Gasteiger partial charge in [0, 0.05) is 17.8 Å². The van der Waals surface area contributed by atoms with Crippen LogP contribution in [0.2, 0.25) is 0 Å². The fourth-order valence-corrected chi connectivity index (χ4v) is 4.20. The number of thiazole rings is 1. The Bertz CT molecular complexity index is 672. The lowest BCUT2D eigenvalue weighted by atomic mass is 9.97. The highest BCUT2D eigenvalue weighted by Crippen LogP contribution is 2.25. The number of hydrogen-bond acceptors (Lipinski definition) is 4. The van der Waals surface area contributed by atoms with Gasteiger partial charge in [0.1, 0.15) is 0 Å². The van der Waals surface area contributed by atoms with Gasteiger partial charge in [-0.1, -0.05) is 0 Å². The summed E-state index contributed by atoms with van der Waals surface area (Å²) in [5.74, 6) is 0.195. The molecule has 118 valence electrons. The minimum Gasteiger partial charge on any atom is -0.376 e. The van der Waals surface area contributed by atoms with Crippen LogP contribution in [0.3, 0.4) is 0 Å². The summed E-state index contributed by atoms with van der Waals surface area (Å²) in [6.45, 7) is 6.68. The second-order valence-corrected chi connectivity index (χ2v) is 7.43. The number of fused-ring (bicyclic) bond motifs is 1. The lowest BCUT2D eigenvalue weighted by molar-refractivity contribution is -0.135. The zero-order chi connectivity index (χ0) is 15.7. The number of amides is 1. The van der Waals surface area contributed by atoms with E-state index in [1.165, 1.54) is 6.42 Å². The molecule has 0 bridgehead atoms. The van der Waals surface area contributed by atoms with Gasteiger partial charge in [-0.3, -0.25) is 4.79 Å². The molecule has 1 amide bonds. The predicted octanol–water partition coefficient (Wildman–Crippen LogP) is 3.81. The Morgan fingerprint density at radius 1 is 1.36 bits per heavy atom. The zero-order valence-corrected chi connectivity index (χ0v) is 14.2. The molecule has 0 spiro atoms. The van der Waals surface area contributed by atoms with Crippen molar-refractivity contribution in [2.75, 3.05) is 11.9 Å². The monoisotopic (exact) mass is 317 g/mol. The number of nitrogens with one attached hydrogen (secondary N) is 1. The molecule has 1 saturated heterocycles. The van der Waals surface area contributed by atoms with E-state index in [1.807, 2.05) is 24.0 Å². The average molecular weight is 317 g/mol. The molecular formula is C17H23N3OS. The van der Waals surface area contributed by atoms with Crippen LogP contribution in [0.15, 0.2) is 18.2 Å². The van der Waals surface area contributed by atoms with Crippen LogP contribution in [0, 0.1) is 6.92 Å². The molecule has 5 heteroatoms. The number of nitrogens with zero attached hydrogens (tertiary/aromatic N) is 2. The van der Waals surface area contributed by atoms with Gasteiger partial charge in [0.15, 0.2) is 0 Å². The highest BCUT2D eigenvalue weighted by Gasteiger charge is 2.28. The molecule has 22 heavy (non-hydrogen) atoms. The predicted molar refractivity (Wildman–Crippen MR) is 92.5 cm³/mol. The molecule has 3 rings (SSSR count). The van der Waals surface area contributed by atoms with Gasteiger partial charge in [-0.25, -0.2) is 4.98 Å². The third-order valence-electron chi connectivity index (χ3n) is 4.42. The van der Waals surface area contributed by atoms with E-state index in [1.54, 1.807) is 11.3 Å². The van der Waals surface area contributed by atoms with E-state index in [0.29, 0.717) is 18.6 Å². The van der Waals surface area contributed by atoms with E-state index in [2.05, 4.69) is 30.2 Å². The van der Waals surface area contributed by atoms with Gasteiger partial charge in [-0.15, -0.1) is 11.3 Å². The molecular weight excluding hydrogens is 294 g/mol. The third kappa shape index (κ3) is 3.09. The zero-order valence-electron chi connectivity index (χ0n) is 13.4. The lowest BCUT2D eigenvalue weighted by Gasteiger charge is -2.39. The van der Waals surface area contributed by atoms with Crippen molar-refractivity contribution in [3.8, 4) is 0 Å². The van der Waals surface area contributed by atoms with E-state index in [0.717, 1.165) is 33.8 Å². The minimum atomic E-state index is 0.195. The Hall–Kier alpha value is -1.62. The summed E-state index contributed by atoms with van der Waals surface area (Å²) in [6, 6.07) is 6.79. The summed E-state index contributed by atoms with van der Waals surface area (Å²) in [5.41, 5.74) is 2.01. The quantitative estimate of drug-likeness (QED) is 0.936. The normalized spacial score (nSPS) is 22.0. The minimum absolute atomic E-state index is 0.195. The van der Waals surface area contributed by atoms with Crippen LogP contribution in [-0.2, 0) is 4.79 Å². The Morgan fingerprint density at radius 2 is 2.09 bits per heavy atom. The Labute approximate surface area is 135 Å². The molecule has 1 aliphatic rings. The molecule has 1 fully saturated rings. The number of aromatic nitrogens is 1. The summed E-state index contributed by atoms with van der Waals surface area (Å²) in [5, 5.41) is 4.34. The van der Waals surface area contributed by atoms with E-state index >= 15 is 0 Å². The topological polar surface area (TPSA) is 45.2 Å². The maximum absolute atomic E-state index is 12.5. The number of likely N-dealkylation sites (tertiary alicyclic amines) is 1. The van der Waals surface area contributed by atoms with Crippen molar-refractivity contribution in [1.29, 1.82) is 0 Å². The van der Waals surface area contributed by atoms with Crippen molar-refractivity contribution in [2.45, 2.75) is 52.1 Å². The van der Waals surface area contributed by atoms with Crippen molar-refractivity contribution in [3.63, 3.8) is 0 Å². The molecule has 0 radical (unpaired) electrons. The number of benzene rings is 1. The molecule has 1 N–H and O–H groups in total. The molecule has 4 nitrogen and oxygen atoms in total. The molecule has 1 aromatic heterocycles. The second-order valence-electron chi connectivity index (χ2n) is 6.20. The number of aryl methyl sites for hydroxylation is 1. The van der Waals surface area contributed by atoms with E-state index < -0.39 is 0 Å². The summed E-state index contributed by atoms with van der Waals surface area (Å²) in [7, 11) is 0. The van der Waals surface area contributed by atoms with Gasteiger partial charge in [0.25, 0.3) is 0 Å². The number of rotatable bonds is 3. The first kappa shape index (κ1) is 15.3. The van der Waals surface area contributed by atoms with Crippen LogP contribution in [-0.4, -0.2) is 34.4 Å². The summed E-state index contributed by atoms with van der Waals surface area (Å²) < 4.78 is 1.16. The standard InChI is InChI=1S/C17H23N3OS/c1-11-5-4-6-12(2)20(11)17(21)10-18-14-7-8-15-16(9-14)22-13(3)19-15/h7-9,11-12,18H,4-6,10H2,1-3H3/t11-,12-/m1/s1. The first-order valence-corrected chi connectivity index (χ1v) is 8.78. The number of carbonyl (C=O) groups is 1. The number of carbonyl (C=O) groups excluding carboxylic acids is 1. The first-order valence-electron chi connectivity index (χ1n) is 7.97. The third-order valence-corrected chi connectivity index (χ3v) is 5.35. The second kappa shape index (κ2) is 6.24. The molecule has 0 aliphatic carbocycles. The smallest absolute Gasteiger partial charge is 0.242 e. The summed E-state index contributed by atoms with van der Waals surface area (Å²) in [6.07, 6.45) is 3.45. The Morgan fingerprint density at radius 3 is 2.82 bits per heavy atom. The number of piperidine rings is 1. The first-order chi connectivity index (χ1) is 10.5. The van der Waals surface area contributed by atoms with Crippen molar-refractivity contribution in [3.05, 3.63) is 23.2 Å². The average Bonchev–Trinajstić information content (AvgIpc) is 2.84. The molecule has 0 unspecified atom stereocenters. The van der Waals surface area contributed by atoms with E-state index in [-0.39, 0.29) is 5.91 Å². The fourth-order valence-electron chi connectivity index (χ4n) is 3.33. The molecule has 1 aromatic carbocycles. The van der Waals surface area contributed by atoms with Gasteiger partial charge in [-0.05, 0) is 58.2 Å². The molecule has 2 aromatic rings. The summed E-state index contributed by atoms with van der Waals surface area (Å²) in [4.78, 5) is 19.0. The number of anilines is 1. The van der Waals surface area contributed by atoms with Crippen LogP contribution in [0.25, 0.3) is 10.2 Å². The van der Waals surface area contributed by atoms with Gasteiger partial charge < -0.3 is 10.2 Å². The van der Waals surface area contributed by atoms with E-state index in [4.69, 9.17) is 0 Å². The Balaban J connectivity index is 1.66. The van der Waals surface area contributed by atoms with E-state index in [9.17, 15) is 4.79 Å². The maximum Gasteiger partial charge on any atom is 0.242 e. The molecule has 2 atom stereocenters. The van der Waals surface area contributed by atoms with Crippen LogP contribution in [0.1, 0.15) is 38.1 Å². The van der Waals surface area contributed by atoms with Crippen molar-refractivity contribution in [1.82, 2.24) is 9.88 Å². The van der Waals surface area contributed by atoms with Gasteiger partial charge >= 0.3 is 0 Å². The van der Waals surface area contributed by atoms with Gasteiger partial charge in [-0.2, -0.15) is 0 Å². The van der Waals surface area contributed by atoms with Crippen molar-refractivity contribution in [2.24, 2.45) is 0 Å². The van der Waals surface area contributed by atoms with Gasteiger partial charge in [0.05, 0.1) is 21.8 Å². The maximum atomic E-state index is 12.5. The van der Waals surface area contributed by atoms with Gasteiger partial charge in [0.2, 0.25) is 5.91 Å². The molecule has 0 saturated carbocycles. The highest BCUT2D eigenvalue weighted by molar-refractivity contribution is 7.18. The largest absolute Gasteiger partial charge is 0.376 e. The molecule has 2 heterocycles. The van der Waals surface area contributed by atoms with Crippen LogP contribution >= 0.6 is 11.3 Å². The number of hydrogen-bond donors (Lipinski definition) is 1. The van der Waals surface area contributed by atoms with Crippen molar-refractivity contribution < 1.29 is 4.79 Å². The fraction of sp³-hybridized carbons (Fsp3) is 0.529.